The van der Waals surface area contributed by atoms with E-state index in [4.69, 9.17) is 4.74 Å². The first-order valence-electron chi connectivity index (χ1n) is 6.59. The molecule has 0 saturated carbocycles. The van der Waals surface area contributed by atoms with Gasteiger partial charge in [0.2, 0.25) is 5.82 Å². The van der Waals surface area contributed by atoms with E-state index in [-0.39, 0.29) is 5.82 Å². The smallest absolute Gasteiger partial charge is 0.457 e. The molecule has 3 rings (SSSR count). The van der Waals surface area contributed by atoms with E-state index >= 15 is 0 Å². The molecule has 0 spiro atoms. The molecule has 117 valence electrons. The van der Waals surface area contributed by atoms with Crippen molar-refractivity contribution in [2.75, 3.05) is 0 Å². The van der Waals surface area contributed by atoms with Gasteiger partial charge in [-0.3, -0.25) is 0 Å². The molecule has 3 aromatic rings. The zero-order valence-corrected chi connectivity index (χ0v) is 11.9. The monoisotopic (exact) mass is 319 g/mol. The Labute approximate surface area is 129 Å². The summed E-state index contributed by atoms with van der Waals surface area (Å²) < 4.78 is 47.3. The maximum Gasteiger partial charge on any atom is 0.471 e. The van der Waals surface area contributed by atoms with Crippen molar-refractivity contribution in [2.24, 2.45) is 0 Å². The van der Waals surface area contributed by atoms with Crippen molar-refractivity contribution >= 4 is 0 Å². The first kappa shape index (κ1) is 15.1. The van der Waals surface area contributed by atoms with Gasteiger partial charge in [-0.25, -0.2) is 0 Å². The number of aromatic nitrogens is 2. The Morgan fingerprint density at radius 1 is 1.13 bits per heavy atom. The minimum absolute atomic E-state index is 0.167. The van der Waals surface area contributed by atoms with Gasteiger partial charge in [-0.1, -0.05) is 28.9 Å². The van der Waals surface area contributed by atoms with Crippen LogP contribution >= 0.6 is 0 Å². The van der Waals surface area contributed by atoms with Crippen molar-refractivity contribution in [1.82, 2.24) is 10.1 Å². The van der Waals surface area contributed by atoms with Crippen LogP contribution in [0, 0.1) is 13.0 Å². The van der Waals surface area contributed by atoms with Gasteiger partial charge in [0.05, 0.1) is 0 Å². The number of hydrogen-bond donors (Lipinski definition) is 0. The van der Waals surface area contributed by atoms with Crippen LogP contribution in [0.5, 0.6) is 11.5 Å². The summed E-state index contributed by atoms with van der Waals surface area (Å²) in [6, 6.07) is 14.7. The van der Waals surface area contributed by atoms with E-state index in [1.807, 2.05) is 19.1 Å². The number of nitrogens with zero attached hydrogens (tertiary/aromatic N) is 2. The van der Waals surface area contributed by atoms with Gasteiger partial charge in [0.15, 0.2) is 0 Å². The zero-order valence-electron chi connectivity index (χ0n) is 11.9. The summed E-state index contributed by atoms with van der Waals surface area (Å²) in [5.41, 5.74) is 1.42. The van der Waals surface area contributed by atoms with Crippen molar-refractivity contribution in [3.05, 3.63) is 60.0 Å². The molecule has 2 aromatic carbocycles. The molecule has 4 nitrogen and oxygen atoms in total. The summed E-state index contributed by atoms with van der Waals surface area (Å²) in [5, 5.41) is 3.34. The summed E-state index contributed by atoms with van der Waals surface area (Å²) in [5.74, 6) is -0.626. The van der Waals surface area contributed by atoms with Gasteiger partial charge in [0, 0.05) is 11.6 Å². The highest BCUT2D eigenvalue weighted by atomic mass is 19.4. The molecule has 0 saturated heterocycles. The van der Waals surface area contributed by atoms with Crippen LogP contribution in [-0.4, -0.2) is 10.1 Å². The Bertz CT molecular complexity index is 811. The predicted molar refractivity (Wildman–Crippen MR) is 74.8 cm³/mol. The topological polar surface area (TPSA) is 48.2 Å². The van der Waals surface area contributed by atoms with E-state index in [0.29, 0.717) is 17.1 Å². The third-order valence-corrected chi connectivity index (χ3v) is 2.95. The summed E-state index contributed by atoms with van der Waals surface area (Å²) in [6.07, 6.45) is -4.67. The van der Waals surface area contributed by atoms with Crippen molar-refractivity contribution in [2.45, 2.75) is 13.1 Å². The molecule has 0 unspecified atom stereocenters. The third kappa shape index (κ3) is 3.50. The highest BCUT2D eigenvalue weighted by Gasteiger charge is 2.38. The first-order valence-corrected chi connectivity index (χ1v) is 6.59. The van der Waals surface area contributed by atoms with E-state index in [1.54, 1.807) is 12.1 Å². The van der Waals surface area contributed by atoms with Crippen LogP contribution in [0.25, 0.3) is 11.4 Å². The van der Waals surface area contributed by atoms with Crippen molar-refractivity contribution in [1.29, 1.82) is 0 Å². The highest BCUT2D eigenvalue weighted by molar-refractivity contribution is 5.57. The molecule has 0 aliphatic rings. The van der Waals surface area contributed by atoms with E-state index < -0.39 is 12.1 Å². The SMILES string of the molecule is Cc1ccc(Oc2[c]ccc(-c3noc(C(F)(F)F)n3)c2)cc1. The molecule has 1 radical (unpaired) electrons. The molecule has 0 amide bonds. The molecular weight excluding hydrogens is 309 g/mol. The standard InChI is InChI=1S/C16H10F3N2O2/c1-10-5-7-12(8-6-10)22-13-4-2-3-11(9-13)14-20-15(23-21-14)16(17,18)19/h2-3,5-9H,1H3. The van der Waals surface area contributed by atoms with E-state index in [0.717, 1.165) is 5.56 Å². The quantitative estimate of drug-likeness (QED) is 0.704. The second kappa shape index (κ2) is 5.75. The van der Waals surface area contributed by atoms with Gasteiger partial charge in [-0.2, -0.15) is 18.2 Å². The molecule has 0 aliphatic heterocycles. The van der Waals surface area contributed by atoms with Gasteiger partial charge in [0.25, 0.3) is 0 Å². The molecular formula is C16H10F3N2O2. The molecule has 0 aliphatic carbocycles. The van der Waals surface area contributed by atoms with Crippen molar-refractivity contribution in [3.8, 4) is 22.9 Å². The Hall–Kier alpha value is -2.83. The van der Waals surface area contributed by atoms with Crippen molar-refractivity contribution in [3.63, 3.8) is 0 Å². The van der Waals surface area contributed by atoms with Gasteiger partial charge in [0.1, 0.15) is 11.5 Å². The zero-order chi connectivity index (χ0) is 16.4. The third-order valence-electron chi connectivity index (χ3n) is 2.95. The number of hydrogen-bond acceptors (Lipinski definition) is 4. The second-order valence-electron chi connectivity index (χ2n) is 4.78. The van der Waals surface area contributed by atoms with Gasteiger partial charge >= 0.3 is 12.1 Å². The Morgan fingerprint density at radius 3 is 2.52 bits per heavy atom. The van der Waals surface area contributed by atoms with Gasteiger partial charge in [-0.05, 0) is 31.2 Å². The molecule has 1 heterocycles. The van der Waals surface area contributed by atoms with Crippen LogP contribution in [0.4, 0.5) is 13.2 Å². The fraction of sp³-hybridized carbons (Fsp3) is 0.125. The number of ether oxygens (including phenoxy) is 1. The van der Waals surface area contributed by atoms with Crippen LogP contribution in [0.3, 0.4) is 0 Å². The largest absolute Gasteiger partial charge is 0.471 e. The second-order valence-corrected chi connectivity index (χ2v) is 4.78. The molecule has 23 heavy (non-hydrogen) atoms. The van der Waals surface area contributed by atoms with Gasteiger partial charge < -0.3 is 9.26 Å². The summed E-state index contributed by atoms with van der Waals surface area (Å²) in [6.45, 7) is 1.95. The molecule has 0 atom stereocenters. The Morgan fingerprint density at radius 2 is 1.87 bits per heavy atom. The van der Waals surface area contributed by atoms with Crippen LogP contribution in [-0.2, 0) is 6.18 Å². The molecule has 0 bridgehead atoms. The number of halogens is 3. The Kier molecular flexibility index (Phi) is 3.77. The van der Waals surface area contributed by atoms with E-state index in [2.05, 4.69) is 20.7 Å². The molecule has 0 fully saturated rings. The van der Waals surface area contributed by atoms with Crippen LogP contribution in [0.15, 0.2) is 47.0 Å². The van der Waals surface area contributed by atoms with Gasteiger partial charge in [-0.15, -0.1) is 0 Å². The lowest BCUT2D eigenvalue weighted by molar-refractivity contribution is -0.159. The fourth-order valence-electron chi connectivity index (χ4n) is 1.83. The lowest BCUT2D eigenvalue weighted by Crippen LogP contribution is -2.04. The minimum Gasteiger partial charge on any atom is -0.457 e. The fourth-order valence-corrected chi connectivity index (χ4v) is 1.83. The lowest BCUT2D eigenvalue weighted by Gasteiger charge is -2.06. The number of aryl methyl sites for hydroxylation is 1. The first-order chi connectivity index (χ1) is 10.9. The minimum atomic E-state index is -4.67. The summed E-state index contributed by atoms with van der Waals surface area (Å²) in [4.78, 5) is 3.34. The normalized spacial score (nSPS) is 11.5. The van der Waals surface area contributed by atoms with Crippen LogP contribution in [0.1, 0.15) is 11.5 Å². The molecule has 0 N–H and O–H groups in total. The van der Waals surface area contributed by atoms with Crippen LogP contribution < -0.4 is 4.74 Å². The lowest BCUT2D eigenvalue weighted by atomic mass is 10.2. The maximum atomic E-state index is 12.5. The predicted octanol–water partition coefficient (Wildman–Crippen LogP) is 4.66. The van der Waals surface area contributed by atoms with Crippen LogP contribution in [0.2, 0.25) is 0 Å². The average Bonchev–Trinajstić information content (AvgIpc) is 3.00. The maximum absolute atomic E-state index is 12.5. The molecule has 7 heteroatoms. The average molecular weight is 319 g/mol. The summed E-state index contributed by atoms with van der Waals surface area (Å²) in [7, 11) is 0. The van der Waals surface area contributed by atoms with E-state index in [9.17, 15) is 13.2 Å². The Balaban J connectivity index is 1.85. The number of benzene rings is 2. The van der Waals surface area contributed by atoms with Crippen molar-refractivity contribution < 1.29 is 22.4 Å². The summed E-state index contributed by atoms with van der Waals surface area (Å²) >= 11 is 0. The van der Waals surface area contributed by atoms with E-state index in [1.165, 1.54) is 18.2 Å². The molecule has 1 aromatic heterocycles. The number of alkyl halides is 3. The number of rotatable bonds is 3. The highest BCUT2D eigenvalue weighted by Crippen LogP contribution is 2.30.